The number of nitrogens with one attached hydrogen (secondary N) is 1. The summed E-state index contributed by atoms with van der Waals surface area (Å²) >= 11 is 1.27. The molecular weight excluding hydrogens is 365 g/mol. The minimum Gasteiger partial charge on any atom is -0.359 e. The van der Waals surface area contributed by atoms with Crippen molar-refractivity contribution in [3.8, 4) is 11.4 Å². The topological polar surface area (TPSA) is 71.0 Å². The van der Waals surface area contributed by atoms with Crippen molar-refractivity contribution in [2.24, 2.45) is 0 Å². The van der Waals surface area contributed by atoms with Crippen LogP contribution in [0, 0.1) is 5.82 Å². The number of nitrogens with zero attached hydrogens (tertiary/aromatic N) is 4. The SMILES string of the molecule is CN(C=O)c1ccc(-c2nsc(NCC(C)(C)c3ccc(F)cc3)n2)cn1. The summed E-state index contributed by atoms with van der Waals surface area (Å²) < 4.78 is 17.5. The van der Waals surface area contributed by atoms with Gasteiger partial charge in [-0.2, -0.15) is 9.36 Å². The highest BCUT2D eigenvalue weighted by molar-refractivity contribution is 7.09. The van der Waals surface area contributed by atoms with Crippen molar-refractivity contribution < 1.29 is 9.18 Å². The van der Waals surface area contributed by atoms with Gasteiger partial charge in [-0.1, -0.05) is 26.0 Å². The van der Waals surface area contributed by atoms with E-state index in [9.17, 15) is 9.18 Å². The zero-order valence-corrected chi connectivity index (χ0v) is 16.1. The highest BCUT2D eigenvalue weighted by atomic mass is 32.1. The Labute approximate surface area is 161 Å². The molecule has 140 valence electrons. The first-order valence-electron chi connectivity index (χ1n) is 8.37. The molecule has 0 bridgehead atoms. The summed E-state index contributed by atoms with van der Waals surface area (Å²) in [5.41, 5.74) is 1.63. The fourth-order valence-electron chi connectivity index (χ4n) is 2.49. The molecule has 0 fully saturated rings. The van der Waals surface area contributed by atoms with Gasteiger partial charge in [0.15, 0.2) is 5.82 Å². The van der Waals surface area contributed by atoms with E-state index in [1.54, 1.807) is 31.4 Å². The van der Waals surface area contributed by atoms with Gasteiger partial charge in [0.1, 0.15) is 11.6 Å². The Hall–Kier alpha value is -2.87. The van der Waals surface area contributed by atoms with Gasteiger partial charge in [-0.05, 0) is 29.8 Å². The molecule has 0 aliphatic carbocycles. The third-order valence-corrected chi connectivity index (χ3v) is 4.93. The number of carbonyl (C=O) groups is 1. The van der Waals surface area contributed by atoms with Crippen LogP contribution in [0.3, 0.4) is 0 Å². The second-order valence-corrected chi connectivity index (χ2v) is 7.54. The summed E-state index contributed by atoms with van der Waals surface area (Å²) in [6.07, 6.45) is 2.34. The first-order chi connectivity index (χ1) is 12.9. The predicted molar refractivity (Wildman–Crippen MR) is 106 cm³/mol. The molecule has 0 radical (unpaired) electrons. The highest BCUT2D eigenvalue weighted by Crippen LogP contribution is 2.26. The van der Waals surface area contributed by atoms with Crippen LogP contribution < -0.4 is 10.2 Å². The number of halogens is 1. The molecule has 0 spiro atoms. The van der Waals surface area contributed by atoms with Crippen molar-refractivity contribution in [3.05, 3.63) is 54.0 Å². The lowest BCUT2D eigenvalue weighted by atomic mass is 9.85. The van der Waals surface area contributed by atoms with Gasteiger partial charge >= 0.3 is 0 Å². The molecule has 3 rings (SSSR count). The predicted octanol–water partition coefficient (Wildman–Crippen LogP) is 3.72. The van der Waals surface area contributed by atoms with E-state index in [-0.39, 0.29) is 11.2 Å². The molecule has 0 aliphatic heterocycles. The monoisotopic (exact) mass is 385 g/mol. The second-order valence-electron chi connectivity index (χ2n) is 6.79. The van der Waals surface area contributed by atoms with Gasteiger partial charge in [0.25, 0.3) is 0 Å². The van der Waals surface area contributed by atoms with E-state index in [1.807, 2.05) is 6.07 Å². The number of rotatable bonds is 7. The summed E-state index contributed by atoms with van der Waals surface area (Å²) in [6.45, 7) is 4.80. The minimum absolute atomic E-state index is 0.192. The Morgan fingerprint density at radius 3 is 2.59 bits per heavy atom. The van der Waals surface area contributed by atoms with Gasteiger partial charge in [0, 0.05) is 42.3 Å². The summed E-state index contributed by atoms with van der Waals surface area (Å²) in [7, 11) is 1.64. The Morgan fingerprint density at radius 2 is 1.96 bits per heavy atom. The Kier molecular flexibility index (Phi) is 5.46. The minimum atomic E-state index is -0.241. The molecule has 1 amide bonds. The summed E-state index contributed by atoms with van der Waals surface area (Å²) in [6, 6.07) is 10.1. The van der Waals surface area contributed by atoms with Crippen molar-refractivity contribution in [2.75, 3.05) is 23.8 Å². The maximum atomic E-state index is 13.1. The van der Waals surface area contributed by atoms with Crippen molar-refractivity contribution in [3.63, 3.8) is 0 Å². The number of benzene rings is 1. The van der Waals surface area contributed by atoms with Crippen molar-refractivity contribution >= 4 is 28.9 Å². The number of aromatic nitrogens is 3. The van der Waals surface area contributed by atoms with Crippen LogP contribution in [0.1, 0.15) is 19.4 Å². The zero-order chi connectivity index (χ0) is 19.4. The quantitative estimate of drug-likeness (QED) is 0.628. The average molecular weight is 385 g/mol. The number of pyridine rings is 1. The summed E-state index contributed by atoms with van der Waals surface area (Å²) in [5.74, 6) is 0.897. The molecule has 3 aromatic rings. The van der Waals surface area contributed by atoms with Crippen LogP contribution in [0.5, 0.6) is 0 Å². The van der Waals surface area contributed by atoms with Crippen LogP contribution in [0.25, 0.3) is 11.4 Å². The number of anilines is 2. The fourth-order valence-corrected chi connectivity index (χ4v) is 3.08. The van der Waals surface area contributed by atoms with Crippen LogP contribution in [0.15, 0.2) is 42.6 Å². The molecule has 27 heavy (non-hydrogen) atoms. The molecule has 1 aromatic carbocycles. The second kappa shape index (κ2) is 7.79. The van der Waals surface area contributed by atoms with Crippen LogP contribution >= 0.6 is 11.5 Å². The highest BCUT2D eigenvalue weighted by Gasteiger charge is 2.21. The van der Waals surface area contributed by atoms with Crippen LogP contribution in [-0.2, 0) is 10.2 Å². The van der Waals surface area contributed by atoms with E-state index in [1.165, 1.54) is 28.6 Å². The molecule has 6 nitrogen and oxygen atoms in total. The van der Waals surface area contributed by atoms with E-state index in [0.29, 0.717) is 29.7 Å². The smallest absolute Gasteiger partial charge is 0.215 e. The van der Waals surface area contributed by atoms with Crippen molar-refractivity contribution in [2.45, 2.75) is 19.3 Å². The molecule has 1 N–H and O–H groups in total. The number of carbonyl (C=O) groups excluding carboxylic acids is 1. The molecule has 2 heterocycles. The number of hydrogen-bond donors (Lipinski definition) is 1. The maximum absolute atomic E-state index is 13.1. The van der Waals surface area contributed by atoms with Crippen molar-refractivity contribution in [1.29, 1.82) is 0 Å². The molecule has 8 heteroatoms. The first-order valence-corrected chi connectivity index (χ1v) is 9.14. The van der Waals surface area contributed by atoms with Gasteiger partial charge in [0.2, 0.25) is 11.5 Å². The third-order valence-electron chi connectivity index (χ3n) is 4.26. The molecular formula is C19H20FN5OS. The normalized spacial score (nSPS) is 11.3. The van der Waals surface area contributed by atoms with Gasteiger partial charge in [0.05, 0.1) is 0 Å². The molecule has 0 unspecified atom stereocenters. The Bertz CT molecular complexity index is 909. The van der Waals surface area contributed by atoms with E-state index >= 15 is 0 Å². The Morgan fingerprint density at radius 1 is 1.22 bits per heavy atom. The summed E-state index contributed by atoms with van der Waals surface area (Å²) in [5, 5.41) is 4.01. The molecule has 0 aliphatic rings. The largest absolute Gasteiger partial charge is 0.359 e. The first kappa shape index (κ1) is 18.9. The molecule has 0 saturated carbocycles. The summed E-state index contributed by atoms with van der Waals surface area (Å²) in [4.78, 5) is 20.9. The third kappa shape index (κ3) is 4.46. The van der Waals surface area contributed by atoms with Gasteiger partial charge in [-0.15, -0.1) is 0 Å². The van der Waals surface area contributed by atoms with E-state index < -0.39 is 0 Å². The zero-order valence-electron chi connectivity index (χ0n) is 15.3. The van der Waals surface area contributed by atoms with E-state index in [0.717, 1.165) is 11.1 Å². The van der Waals surface area contributed by atoms with Crippen molar-refractivity contribution in [1.82, 2.24) is 14.3 Å². The lowest BCUT2D eigenvalue weighted by Gasteiger charge is -2.25. The number of amides is 1. The van der Waals surface area contributed by atoms with E-state index in [2.05, 4.69) is 33.5 Å². The Balaban J connectivity index is 1.67. The fraction of sp³-hybridized carbons (Fsp3) is 0.263. The van der Waals surface area contributed by atoms with Crippen LogP contribution in [0.4, 0.5) is 15.3 Å². The van der Waals surface area contributed by atoms with Gasteiger partial charge in [-0.25, -0.2) is 9.37 Å². The molecule has 0 saturated heterocycles. The standard InChI is InChI=1S/C19H20FN5OS/c1-19(2,14-5-7-15(20)8-6-14)11-22-18-23-17(24-27-18)13-4-9-16(21-10-13)25(3)12-26/h4-10,12H,11H2,1-3H3,(H,22,23,24). The van der Waals surface area contributed by atoms with Gasteiger partial charge in [-0.3, -0.25) is 4.79 Å². The lowest BCUT2D eigenvalue weighted by molar-refractivity contribution is -0.107. The van der Waals surface area contributed by atoms with Gasteiger partial charge < -0.3 is 10.2 Å². The van der Waals surface area contributed by atoms with Crippen LogP contribution in [-0.4, -0.2) is 34.3 Å². The van der Waals surface area contributed by atoms with E-state index in [4.69, 9.17) is 0 Å². The molecule has 0 atom stereocenters. The van der Waals surface area contributed by atoms with Crippen LogP contribution in [0.2, 0.25) is 0 Å². The average Bonchev–Trinajstić information content (AvgIpc) is 3.15. The number of hydrogen-bond acceptors (Lipinski definition) is 6. The lowest BCUT2D eigenvalue weighted by Crippen LogP contribution is -2.27. The maximum Gasteiger partial charge on any atom is 0.215 e. The molecule has 2 aromatic heterocycles.